The first-order valence-electron chi connectivity index (χ1n) is 8.45. The molecular formula is C21H15N4+. The highest BCUT2D eigenvalue weighted by Crippen LogP contribution is 2.33. The van der Waals surface area contributed by atoms with Crippen molar-refractivity contribution < 1.29 is 4.57 Å². The molecule has 0 unspecified atom stereocenters. The quantitative estimate of drug-likeness (QED) is 0.425. The van der Waals surface area contributed by atoms with Crippen LogP contribution in [0.4, 0.5) is 0 Å². The maximum Gasteiger partial charge on any atom is 0.296 e. The fourth-order valence-electron chi connectivity index (χ4n) is 4.06. The molecule has 5 aromatic rings. The average Bonchev–Trinajstić information content (AvgIpc) is 3.28. The standard InChI is InChI=1S/C21H15N4/c1-2-7-16(8-3-1)24-19-12-22-11-10-18(19)25-20(24)14-23-13-15-6-4-5-9-17(15)21(23)25/h1-12,14H,13H2/q+1. The van der Waals surface area contributed by atoms with Crippen LogP contribution in [0.2, 0.25) is 0 Å². The zero-order chi connectivity index (χ0) is 16.4. The lowest BCUT2D eigenvalue weighted by Gasteiger charge is -2.02. The molecule has 118 valence electrons. The number of aromatic nitrogens is 4. The van der Waals surface area contributed by atoms with Gasteiger partial charge >= 0.3 is 0 Å². The number of para-hydroxylation sites is 1. The van der Waals surface area contributed by atoms with Crippen molar-refractivity contribution in [3.05, 3.63) is 84.8 Å². The van der Waals surface area contributed by atoms with E-state index in [-0.39, 0.29) is 0 Å². The van der Waals surface area contributed by atoms with Gasteiger partial charge in [-0.2, -0.15) is 4.40 Å². The summed E-state index contributed by atoms with van der Waals surface area (Å²) in [5.41, 5.74) is 7.31. The summed E-state index contributed by atoms with van der Waals surface area (Å²) in [6, 6.07) is 21.3. The molecule has 4 heterocycles. The monoisotopic (exact) mass is 323 g/mol. The summed E-state index contributed by atoms with van der Waals surface area (Å²) < 4.78 is 6.99. The molecule has 2 aromatic carbocycles. The van der Waals surface area contributed by atoms with Gasteiger partial charge in [0, 0.05) is 23.5 Å². The van der Waals surface area contributed by atoms with E-state index in [2.05, 4.69) is 79.3 Å². The van der Waals surface area contributed by atoms with Crippen molar-refractivity contribution in [1.82, 2.24) is 14.0 Å². The highest BCUT2D eigenvalue weighted by atomic mass is 15.2. The van der Waals surface area contributed by atoms with Gasteiger partial charge < -0.3 is 0 Å². The van der Waals surface area contributed by atoms with E-state index in [1.54, 1.807) is 0 Å². The first kappa shape index (κ1) is 13.0. The van der Waals surface area contributed by atoms with Crippen LogP contribution in [0.3, 0.4) is 0 Å². The maximum absolute atomic E-state index is 4.37. The summed E-state index contributed by atoms with van der Waals surface area (Å²) in [6.45, 7) is 0.925. The Morgan fingerprint density at radius 2 is 1.72 bits per heavy atom. The van der Waals surface area contributed by atoms with Crippen LogP contribution in [-0.4, -0.2) is 14.0 Å². The van der Waals surface area contributed by atoms with Crippen molar-refractivity contribution in [2.75, 3.05) is 0 Å². The predicted molar refractivity (Wildman–Crippen MR) is 96.8 cm³/mol. The SMILES string of the molecule is c1ccc(-n2c3cnccc3n3c4[n+](cc23)Cc2ccccc2-4)cc1. The van der Waals surface area contributed by atoms with Crippen molar-refractivity contribution in [1.29, 1.82) is 0 Å². The zero-order valence-electron chi connectivity index (χ0n) is 13.5. The van der Waals surface area contributed by atoms with Gasteiger partial charge in [0.2, 0.25) is 0 Å². The second-order valence-electron chi connectivity index (χ2n) is 6.47. The van der Waals surface area contributed by atoms with Crippen molar-refractivity contribution in [2.24, 2.45) is 0 Å². The second kappa shape index (κ2) is 4.57. The van der Waals surface area contributed by atoms with E-state index >= 15 is 0 Å². The van der Waals surface area contributed by atoms with E-state index in [9.17, 15) is 0 Å². The van der Waals surface area contributed by atoms with Crippen LogP contribution < -0.4 is 4.57 Å². The molecule has 0 saturated heterocycles. The van der Waals surface area contributed by atoms with Crippen molar-refractivity contribution in [2.45, 2.75) is 6.54 Å². The molecule has 0 spiro atoms. The molecule has 0 amide bonds. The fourth-order valence-corrected chi connectivity index (χ4v) is 4.06. The van der Waals surface area contributed by atoms with E-state index in [4.69, 9.17) is 0 Å². The number of hydrogen-bond acceptors (Lipinski definition) is 1. The number of rotatable bonds is 1. The highest BCUT2D eigenvalue weighted by molar-refractivity contribution is 5.85. The molecule has 0 N–H and O–H groups in total. The van der Waals surface area contributed by atoms with Gasteiger partial charge in [0.25, 0.3) is 11.5 Å². The second-order valence-corrected chi connectivity index (χ2v) is 6.47. The number of nitrogens with zero attached hydrogens (tertiary/aromatic N) is 4. The molecule has 4 heteroatoms. The Morgan fingerprint density at radius 1 is 0.880 bits per heavy atom. The number of imidazole rings is 2. The van der Waals surface area contributed by atoms with Gasteiger partial charge in [0.05, 0.1) is 11.8 Å². The van der Waals surface area contributed by atoms with E-state index in [0.29, 0.717) is 0 Å². The van der Waals surface area contributed by atoms with Gasteiger partial charge in [-0.05, 0) is 18.2 Å². The summed E-state index contributed by atoms with van der Waals surface area (Å²) in [6.07, 6.45) is 6.07. The predicted octanol–water partition coefficient (Wildman–Crippen LogP) is 3.59. The number of pyridine rings is 1. The van der Waals surface area contributed by atoms with Gasteiger partial charge in [-0.1, -0.05) is 36.4 Å². The van der Waals surface area contributed by atoms with Crippen LogP contribution >= 0.6 is 0 Å². The third-order valence-electron chi connectivity index (χ3n) is 5.09. The topological polar surface area (TPSA) is 26.1 Å². The van der Waals surface area contributed by atoms with Gasteiger partial charge in [0.1, 0.15) is 12.1 Å². The molecule has 0 saturated carbocycles. The van der Waals surface area contributed by atoms with Crippen LogP contribution in [0.25, 0.3) is 33.8 Å². The van der Waals surface area contributed by atoms with Crippen molar-refractivity contribution in [3.63, 3.8) is 0 Å². The van der Waals surface area contributed by atoms with E-state index < -0.39 is 0 Å². The molecule has 0 atom stereocenters. The molecule has 1 aliphatic heterocycles. The summed E-state index contributed by atoms with van der Waals surface area (Å²) in [4.78, 5) is 4.37. The molecule has 0 bridgehead atoms. The minimum absolute atomic E-state index is 0.925. The third kappa shape index (κ3) is 1.61. The van der Waals surface area contributed by atoms with Crippen LogP contribution in [0.1, 0.15) is 5.56 Å². The molecule has 25 heavy (non-hydrogen) atoms. The minimum Gasteiger partial charge on any atom is -0.268 e. The summed E-state index contributed by atoms with van der Waals surface area (Å²) >= 11 is 0. The number of benzene rings is 2. The fraction of sp³-hybridized carbons (Fsp3) is 0.0476. The Balaban J connectivity index is 1.81. The average molecular weight is 323 g/mol. The van der Waals surface area contributed by atoms with E-state index in [0.717, 1.165) is 17.7 Å². The Morgan fingerprint density at radius 3 is 2.64 bits per heavy atom. The first-order valence-corrected chi connectivity index (χ1v) is 8.45. The Hall–Kier alpha value is -3.40. The van der Waals surface area contributed by atoms with Gasteiger partial charge in [-0.15, -0.1) is 0 Å². The zero-order valence-corrected chi connectivity index (χ0v) is 13.5. The minimum atomic E-state index is 0.925. The Kier molecular flexibility index (Phi) is 2.37. The largest absolute Gasteiger partial charge is 0.296 e. The van der Waals surface area contributed by atoms with Gasteiger partial charge in [-0.25, -0.2) is 4.57 Å². The van der Waals surface area contributed by atoms with Crippen LogP contribution in [0, 0.1) is 0 Å². The number of fused-ring (bicyclic) bond motifs is 7. The number of hydrogen-bond donors (Lipinski definition) is 0. The molecule has 4 nitrogen and oxygen atoms in total. The van der Waals surface area contributed by atoms with Gasteiger partial charge in [-0.3, -0.25) is 9.55 Å². The molecule has 6 rings (SSSR count). The summed E-state index contributed by atoms with van der Waals surface area (Å²) in [5.74, 6) is 1.25. The van der Waals surface area contributed by atoms with Crippen LogP contribution in [-0.2, 0) is 6.54 Å². The molecule has 3 aromatic heterocycles. The van der Waals surface area contributed by atoms with Crippen molar-refractivity contribution in [3.8, 4) is 17.1 Å². The Bertz CT molecular complexity index is 1260. The van der Waals surface area contributed by atoms with Crippen LogP contribution in [0.5, 0.6) is 0 Å². The van der Waals surface area contributed by atoms with Gasteiger partial charge in [0.15, 0.2) is 11.7 Å². The third-order valence-corrected chi connectivity index (χ3v) is 5.09. The smallest absolute Gasteiger partial charge is 0.268 e. The normalized spacial score (nSPS) is 12.6. The molecular weight excluding hydrogens is 308 g/mol. The lowest BCUT2D eigenvalue weighted by Crippen LogP contribution is -2.29. The lowest BCUT2D eigenvalue weighted by atomic mass is 10.1. The van der Waals surface area contributed by atoms with Crippen molar-refractivity contribution >= 4 is 16.7 Å². The molecule has 0 aliphatic carbocycles. The van der Waals surface area contributed by atoms with E-state index in [1.807, 2.05) is 18.5 Å². The van der Waals surface area contributed by atoms with E-state index in [1.165, 1.54) is 28.1 Å². The summed E-state index contributed by atoms with van der Waals surface area (Å²) in [7, 11) is 0. The molecule has 0 radical (unpaired) electrons. The molecule has 1 aliphatic rings. The highest BCUT2D eigenvalue weighted by Gasteiger charge is 2.33. The summed E-state index contributed by atoms with van der Waals surface area (Å²) in [5, 5.41) is 0. The first-order chi connectivity index (χ1) is 12.4. The maximum atomic E-state index is 4.37. The molecule has 0 fully saturated rings. The Labute approximate surface area is 144 Å². The lowest BCUT2D eigenvalue weighted by molar-refractivity contribution is -0.670. The van der Waals surface area contributed by atoms with Crippen LogP contribution in [0.15, 0.2) is 79.3 Å².